The van der Waals surface area contributed by atoms with Crippen molar-refractivity contribution in [2.75, 3.05) is 4.90 Å². The molecule has 0 amide bonds. The van der Waals surface area contributed by atoms with Gasteiger partial charge in [0.15, 0.2) is 0 Å². The van der Waals surface area contributed by atoms with Crippen molar-refractivity contribution in [3.05, 3.63) is 28.8 Å². The lowest BCUT2D eigenvalue weighted by molar-refractivity contribution is 0.413. The highest BCUT2D eigenvalue weighted by Gasteiger charge is 2.40. The minimum Gasteiger partial charge on any atom is -0.365 e. The molecule has 2 atom stereocenters. The van der Waals surface area contributed by atoms with Gasteiger partial charge >= 0.3 is 0 Å². The highest BCUT2D eigenvalue weighted by atomic mass is 15.2. The van der Waals surface area contributed by atoms with Gasteiger partial charge in [-0.25, -0.2) is 0 Å². The Labute approximate surface area is 110 Å². The van der Waals surface area contributed by atoms with E-state index < -0.39 is 0 Å². The Balaban J connectivity index is 2.01. The SMILES string of the molecule is Cc1cc(C)c(N2C3CCC2CC(N)C3)c(C)c1. The third-order valence-corrected chi connectivity index (χ3v) is 4.66. The first kappa shape index (κ1) is 12.0. The number of rotatable bonds is 1. The molecule has 2 aliphatic rings. The summed E-state index contributed by atoms with van der Waals surface area (Å²) in [5.74, 6) is 0. The first-order chi connectivity index (χ1) is 8.56. The molecule has 2 fully saturated rings. The van der Waals surface area contributed by atoms with Gasteiger partial charge in [0.25, 0.3) is 0 Å². The Morgan fingerprint density at radius 3 is 2.00 bits per heavy atom. The summed E-state index contributed by atoms with van der Waals surface area (Å²) in [7, 11) is 0. The van der Waals surface area contributed by atoms with E-state index in [4.69, 9.17) is 5.73 Å². The molecule has 2 N–H and O–H groups in total. The van der Waals surface area contributed by atoms with Crippen molar-refractivity contribution in [2.45, 2.75) is 64.6 Å². The monoisotopic (exact) mass is 244 g/mol. The number of hydrogen-bond donors (Lipinski definition) is 1. The smallest absolute Gasteiger partial charge is 0.0430 e. The van der Waals surface area contributed by atoms with E-state index in [1.54, 1.807) is 0 Å². The molecule has 2 unspecified atom stereocenters. The van der Waals surface area contributed by atoms with E-state index in [0.717, 1.165) is 0 Å². The van der Waals surface area contributed by atoms with Crippen LogP contribution in [0.4, 0.5) is 5.69 Å². The third kappa shape index (κ3) is 1.83. The summed E-state index contributed by atoms with van der Waals surface area (Å²) in [5, 5.41) is 0. The number of anilines is 1. The summed E-state index contributed by atoms with van der Waals surface area (Å²) >= 11 is 0. The second-order valence-corrected chi connectivity index (χ2v) is 6.27. The van der Waals surface area contributed by atoms with Crippen molar-refractivity contribution in [3.8, 4) is 0 Å². The molecule has 18 heavy (non-hydrogen) atoms. The molecule has 2 saturated heterocycles. The lowest BCUT2D eigenvalue weighted by atomic mass is 9.94. The van der Waals surface area contributed by atoms with Crippen LogP contribution in [0.1, 0.15) is 42.4 Å². The van der Waals surface area contributed by atoms with Crippen LogP contribution in [0.25, 0.3) is 0 Å². The number of benzene rings is 1. The van der Waals surface area contributed by atoms with Crippen LogP contribution in [0, 0.1) is 20.8 Å². The van der Waals surface area contributed by atoms with E-state index in [2.05, 4.69) is 37.8 Å². The zero-order valence-electron chi connectivity index (χ0n) is 11.7. The molecule has 3 rings (SSSR count). The van der Waals surface area contributed by atoms with Gasteiger partial charge in [-0.3, -0.25) is 0 Å². The Bertz CT molecular complexity index is 429. The van der Waals surface area contributed by atoms with Gasteiger partial charge < -0.3 is 10.6 Å². The standard InChI is InChI=1S/C16H24N2/c1-10-6-11(2)16(12(3)7-10)18-14-4-5-15(18)9-13(17)8-14/h6-7,13-15H,4-5,8-9,17H2,1-3H3. The van der Waals surface area contributed by atoms with Gasteiger partial charge in [0.1, 0.15) is 0 Å². The van der Waals surface area contributed by atoms with Gasteiger partial charge in [-0.2, -0.15) is 0 Å². The topological polar surface area (TPSA) is 29.3 Å². The van der Waals surface area contributed by atoms with Gasteiger partial charge in [0, 0.05) is 23.8 Å². The van der Waals surface area contributed by atoms with Crippen LogP contribution in [0.2, 0.25) is 0 Å². The van der Waals surface area contributed by atoms with Crippen LogP contribution in [-0.2, 0) is 0 Å². The third-order valence-electron chi connectivity index (χ3n) is 4.66. The molecule has 1 aromatic rings. The molecule has 2 heterocycles. The molecule has 2 bridgehead atoms. The maximum Gasteiger partial charge on any atom is 0.0430 e. The summed E-state index contributed by atoms with van der Waals surface area (Å²) in [5.41, 5.74) is 11.9. The van der Waals surface area contributed by atoms with Crippen molar-refractivity contribution in [1.82, 2.24) is 0 Å². The molecule has 98 valence electrons. The zero-order chi connectivity index (χ0) is 12.9. The average molecular weight is 244 g/mol. The molecule has 1 aromatic carbocycles. The number of hydrogen-bond acceptors (Lipinski definition) is 2. The summed E-state index contributed by atoms with van der Waals surface area (Å²) in [6, 6.07) is 6.41. The van der Waals surface area contributed by atoms with E-state index in [1.165, 1.54) is 48.1 Å². The number of fused-ring (bicyclic) bond motifs is 2. The Hall–Kier alpha value is -1.02. The first-order valence-corrected chi connectivity index (χ1v) is 7.18. The largest absolute Gasteiger partial charge is 0.365 e. The van der Waals surface area contributed by atoms with Crippen LogP contribution in [-0.4, -0.2) is 18.1 Å². The fourth-order valence-corrected chi connectivity index (χ4v) is 4.16. The van der Waals surface area contributed by atoms with Crippen molar-refractivity contribution < 1.29 is 0 Å². The van der Waals surface area contributed by atoms with Crippen LogP contribution < -0.4 is 10.6 Å². The highest BCUT2D eigenvalue weighted by molar-refractivity contribution is 5.62. The molecule has 0 radical (unpaired) electrons. The van der Waals surface area contributed by atoms with Crippen molar-refractivity contribution in [2.24, 2.45) is 5.73 Å². The van der Waals surface area contributed by atoms with E-state index in [-0.39, 0.29) is 0 Å². The Morgan fingerprint density at radius 2 is 1.50 bits per heavy atom. The van der Waals surface area contributed by atoms with Gasteiger partial charge in [0.05, 0.1) is 0 Å². The molecule has 2 nitrogen and oxygen atoms in total. The quantitative estimate of drug-likeness (QED) is 0.822. The molecule has 2 heteroatoms. The fourth-order valence-electron chi connectivity index (χ4n) is 4.16. The normalized spacial score (nSPS) is 30.9. The van der Waals surface area contributed by atoms with Crippen LogP contribution in [0.3, 0.4) is 0 Å². The second-order valence-electron chi connectivity index (χ2n) is 6.27. The maximum atomic E-state index is 6.17. The Kier molecular flexibility index (Phi) is 2.86. The second kappa shape index (κ2) is 4.27. The molecule has 2 aliphatic heterocycles. The van der Waals surface area contributed by atoms with Crippen LogP contribution in [0.15, 0.2) is 12.1 Å². The van der Waals surface area contributed by atoms with E-state index in [9.17, 15) is 0 Å². The van der Waals surface area contributed by atoms with E-state index in [0.29, 0.717) is 18.1 Å². The summed E-state index contributed by atoms with van der Waals surface area (Å²) in [4.78, 5) is 2.69. The predicted octanol–water partition coefficient (Wildman–Crippen LogP) is 3.07. The van der Waals surface area contributed by atoms with Gasteiger partial charge in [-0.15, -0.1) is 0 Å². The van der Waals surface area contributed by atoms with Crippen molar-refractivity contribution in [1.29, 1.82) is 0 Å². The lowest BCUT2D eigenvalue weighted by Crippen LogP contribution is -2.48. The highest BCUT2D eigenvalue weighted by Crippen LogP contribution is 2.41. The minimum atomic E-state index is 0.421. The number of piperidine rings is 1. The molecule has 0 spiro atoms. The van der Waals surface area contributed by atoms with E-state index >= 15 is 0 Å². The minimum absolute atomic E-state index is 0.421. The molecular formula is C16H24N2. The van der Waals surface area contributed by atoms with Gasteiger partial charge in [-0.05, 0) is 57.6 Å². The summed E-state index contributed by atoms with van der Waals surface area (Å²) in [6.07, 6.45) is 4.99. The molecule has 0 saturated carbocycles. The van der Waals surface area contributed by atoms with Gasteiger partial charge in [-0.1, -0.05) is 17.7 Å². The van der Waals surface area contributed by atoms with Crippen LogP contribution in [0.5, 0.6) is 0 Å². The molecular weight excluding hydrogens is 220 g/mol. The van der Waals surface area contributed by atoms with Gasteiger partial charge in [0.2, 0.25) is 0 Å². The van der Waals surface area contributed by atoms with E-state index in [1.807, 2.05) is 0 Å². The van der Waals surface area contributed by atoms with Crippen molar-refractivity contribution >= 4 is 5.69 Å². The average Bonchev–Trinajstić information content (AvgIpc) is 2.53. The summed E-state index contributed by atoms with van der Waals surface area (Å²) in [6.45, 7) is 6.69. The first-order valence-electron chi connectivity index (χ1n) is 7.18. The molecule has 0 aliphatic carbocycles. The number of aryl methyl sites for hydroxylation is 3. The van der Waals surface area contributed by atoms with Crippen molar-refractivity contribution in [3.63, 3.8) is 0 Å². The molecule has 0 aromatic heterocycles. The fraction of sp³-hybridized carbons (Fsp3) is 0.625. The predicted molar refractivity (Wildman–Crippen MR) is 77.2 cm³/mol. The zero-order valence-corrected chi connectivity index (χ0v) is 11.7. The summed E-state index contributed by atoms with van der Waals surface area (Å²) < 4.78 is 0. The number of nitrogens with zero attached hydrogens (tertiary/aromatic N) is 1. The Morgan fingerprint density at radius 1 is 1.00 bits per heavy atom. The maximum absolute atomic E-state index is 6.17. The number of nitrogens with two attached hydrogens (primary N) is 1. The lowest BCUT2D eigenvalue weighted by Gasteiger charge is -2.41. The van der Waals surface area contributed by atoms with Crippen LogP contribution >= 0.6 is 0 Å².